The summed E-state index contributed by atoms with van der Waals surface area (Å²) in [7, 11) is -2.98. The topological polar surface area (TPSA) is 82.2 Å². The quantitative estimate of drug-likeness (QED) is 0.780. The van der Waals surface area contributed by atoms with Crippen molar-refractivity contribution in [2.75, 3.05) is 17.2 Å². The van der Waals surface area contributed by atoms with E-state index in [0.29, 0.717) is 6.54 Å². The van der Waals surface area contributed by atoms with Crippen molar-refractivity contribution in [3.05, 3.63) is 28.7 Å². The fraction of sp³-hybridized carbons (Fsp3) is 0.444. The molecule has 0 unspecified atom stereocenters. The molecular weight excluding hydrogens is 216 g/mol. The molecule has 1 heterocycles. The number of anilines is 1. The van der Waals surface area contributed by atoms with Gasteiger partial charge in [-0.1, -0.05) is 6.92 Å². The largest absolute Gasteiger partial charge is 0.394 e. The molecule has 84 valence electrons. The number of nitrogens with two attached hydrogens (primary N) is 1. The molecule has 5 nitrogen and oxygen atoms in total. The highest BCUT2D eigenvalue weighted by Crippen LogP contribution is 1.96. The van der Waals surface area contributed by atoms with E-state index in [4.69, 9.17) is 5.73 Å². The molecule has 0 aliphatic carbocycles. The van der Waals surface area contributed by atoms with E-state index in [1.807, 2.05) is 0 Å². The molecule has 0 aliphatic rings. The highest BCUT2D eigenvalue weighted by molar-refractivity contribution is 7.91. The van der Waals surface area contributed by atoms with Gasteiger partial charge in [-0.05, 0) is 0 Å². The van der Waals surface area contributed by atoms with E-state index in [-0.39, 0.29) is 22.6 Å². The van der Waals surface area contributed by atoms with Gasteiger partial charge in [0.05, 0.1) is 11.4 Å². The fourth-order valence-corrected chi connectivity index (χ4v) is 1.85. The summed E-state index contributed by atoms with van der Waals surface area (Å²) >= 11 is 0. The molecule has 15 heavy (non-hydrogen) atoms. The predicted molar refractivity (Wildman–Crippen MR) is 59.4 cm³/mol. The average molecular weight is 230 g/mol. The van der Waals surface area contributed by atoms with Gasteiger partial charge in [0, 0.05) is 30.8 Å². The Balaban J connectivity index is 2.75. The van der Waals surface area contributed by atoms with Gasteiger partial charge in [-0.3, -0.25) is 4.79 Å². The molecule has 2 N–H and O–H groups in total. The smallest absolute Gasteiger partial charge is 0.204 e. The van der Waals surface area contributed by atoms with E-state index in [1.165, 1.54) is 18.5 Å². The minimum Gasteiger partial charge on any atom is -0.394 e. The predicted octanol–water partition coefficient (Wildman–Crippen LogP) is -0.135. The second kappa shape index (κ2) is 4.48. The van der Waals surface area contributed by atoms with Crippen LogP contribution in [-0.2, 0) is 16.4 Å². The first-order valence-electron chi connectivity index (χ1n) is 4.60. The summed E-state index contributed by atoms with van der Waals surface area (Å²) in [5.41, 5.74) is 5.29. The molecule has 0 atom stereocenters. The number of sulfone groups is 1. The Hall–Kier alpha value is -1.30. The maximum atomic E-state index is 11.2. The molecule has 6 heteroatoms. The van der Waals surface area contributed by atoms with Gasteiger partial charge in [0.15, 0.2) is 9.84 Å². The molecule has 1 rings (SSSR count). The summed E-state index contributed by atoms with van der Waals surface area (Å²) < 4.78 is 24.0. The molecule has 0 fully saturated rings. The Morgan fingerprint density at radius 2 is 2.13 bits per heavy atom. The molecule has 0 radical (unpaired) electrons. The van der Waals surface area contributed by atoms with Crippen LogP contribution < -0.4 is 11.2 Å². The van der Waals surface area contributed by atoms with E-state index in [0.717, 1.165) is 0 Å². The van der Waals surface area contributed by atoms with Crippen LogP contribution in [0.1, 0.15) is 6.92 Å². The van der Waals surface area contributed by atoms with Crippen LogP contribution in [0.2, 0.25) is 0 Å². The van der Waals surface area contributed by atoms with E-state index in [2.05, 4.69) is 0 Å². The number of nitrogen functional groups attached to an aromatic ring is 1. The summed E-state index contributed by atoms with van der Waals surface area (Å²) in [6, 6.07) is 1.33. The second-order valence-electron chi connectivity index (χ2n) is 3.24. The van der Waals surface area contributed by atoms with Crippen molar-refractivity contribution in [2.45, 2.75) is 13.5 Å². The first kappa shape index (κ1) is 11.8. The van der Waals surface area contributed by atoms with Gasteiger partial charge in [-0.25, -0.2) is 8.42 Å². The summed E-state index contributed by atoms with van der Waals surface area (Å²) in [6.45, 7) is 1.93. The molecule has 0 bridgehead atoms. The molecule has 0 amide bonds. The fourth-order valence-electron chi connectivity index (χ4n) is 1.07. The van der Waals surface area contributed by atoms with E-state index >= 15 is 0 Å². The van der Waals surface area contributed by atoms with E-state index < -0.39 is 9.84 Å². The normalized spacial score (nSPS) is 11.5. The molecule has 0 saturated carbocycles. The maximum absolute atomic E-state index is 11.2. The molecular formula is C9H14N2O3S. The molecule has 1 aromatic rings. The Morgan fingerprint density at radius 1 is 1.47 bits per heavy atom. The van der Waals surface area contributed by atoms with Crippen LogP contribution in [0.25, 0.3) is 0 Å². The minimum absolute atomic E-state index is 0.0613. The SMILES string of the molecule is CCS(=O)(=O)CCn1ccc(=O)c(N)c1. The van der Waals surface area contributed by atoms with Crippen molar-refractivity contribution in [1.82, 2.24) is 4.57 Å². The van der Waals surface area contributed by atoms with Crippen LogP contribution in [-0.4, -0.2) is 24.5 Å². The average Bonchev–Trinajstić information content (AvgIpc) is 2.20. The lowest BCUT2D eigenvalue weighted by atomic mass is 10.4. The van der Waals surface area contributed by atoms with Crippen LogP contribution in [0.4, 0.5) is 5.69 Å². The van der Waals surface area contributed by atoms with Crippen LogP contribution in [0.3, 0.4) is 0 Å². The number of pyridine rings is 1. The number of aromatic nitrogens is 1. The van der Waals surface area contributed by atoms with Crippen molar-refractivity contribution in [3.8, 4) is 0 Å². The van der Waals surface area contributed by atoms with E-state index in [1.54, 1.807) is 11.5 Å². The van der Waals surface area contributed by atoms with Gasteiger partial charge >= 0.3 is 0 Å². The lowest BCUT2D eigenvalue weighted by Gasteiger charge is -2.06. The number of hydrogen-bond acceptors (Lipinski definition) is 4. The lowest BCUT2D eigenvalue weighted by molar-refractivity contribution is 0.590. The zero-order valence-corrected chi connectivity index (χ0v) is 9.33. The van der Waals surface area contributed by atoms with E-state index in [9.17, 15) is 13.2 Å². The Bertz CT molecular complexity index is 490. The van der Waals surface area contributed by atoms with Crippen LogP contribution in [0.15, 0.2) is 23.3 Å². The Kier molecular flexibility index (Phi) is 3.52. The summed E-state index contributed by atoms with van der Waals surface area (Å²) in [6.07, 6.45) is 2.98. The lowest BCUT2D eigenvalue weighted by Crippen LogP contribution is -2.17. The number of nitrogens with zero attached hydrogens (tertiary/aromatic N) is 1. The summed E-state index contributed by atoms with van der Waals surface area (Å²) in [4.78, 5) is 11.0. The second-order valence-corrected chi connectivity index (χ2v) is 5.71. The number of hydrogen-bond donors (Lipinski definition) is 1. The Labute approximate surface area is 88.4 Å². The van der Waals surface area contributed by atoms with Crippen molar-refractivity contribution in [2.24, 2.45) is 0 Å². The third-order valence-corrected chi connectivity index (χ3v) is 3.79. The maximum Gasteiger partial charge on any atom is 0.204 e. The van der Waals surface area contributed by atoms with Gasteiger partial charge in [0.2, 0.25) is 5.43 Å². The number of aryl methyl sites for hydroxylation is 1. The zero-order chi connectivity index (χ0) is 11.5. The van der Waals surface area contributed by atoms with Crippen LogP contribution >= 0.6 is 0 Å². The highest BCUT2D eigenvalue weighted by Gasteiger charge is 2.06. The third-order valence-electron chi connectivity index (χ3n) is 2.11. The van der Waals surface area contributed by atoms with Gasteiger partial charge in [-0.15, -0.1) is 0 Å². The van der Waals surface area contributed by atoms with Crippen LogP contribution in [0.5, 0.6) is 0 Å². The van der Waals surface area contributed by atoms with Crippen molar-refractivity contribution in [1.29, 1.82) is 0 Å². The molecule has 0 aromatic carbocycles. The van der Waals surface area contributed by atoms with Crippen molar-refractivity contribution < 1.29 is 8.42 Å². The zero-order valence-electron chi connectivity index (χ0n) is 8.51. The van der Waals surface area contributed by atoms with Gasteiger partial charge in [-0.2, -0.15) is 0 Å². The molecule has 0 saturated heterocycles. The summed E-state index contributed by atoms with van der Waals surface area (Å²) in [5.74, 6) is 0.189. The van der Waals surface area contributed by atoms with Gasteiger partial charge in [0.25, 0.3) is 0 Å². The first-order valence-corrected chi connectivity index (χ1v) is 6.43. The number of rotatable bonds is 4. The third kappa shape index (κ3) is 3.39. The molecule has 0 aliphatic heterocycles. The van der Waals surface area contributed by atoms with Crippen LogP contribution in [0, 0.1) is 0 Å². The highest BCUT2D eigenvalue weighted by atomic mass is 32.2. The monoisotopic (exact) mass is 230 g/mol. The van der Waals surface area contributed by atoms with Gasteiger partial charge in [0.1, 0.15) is 0 Å². The van der Waals surface area contributed by atoms with Crippen molar-refractivity contribution >= 4 is 15.5 Å². The first-order chi connectivity index (χ1) is 6.94. The summed E-state index contributed by atoms with van der Waals surface area (Å²) in [5, 5.41) is 0. The molecule has 1 aromatic heterocycles. The standard InChI is InChI=1S/C9H14N2O3S/c1-2-15(13,14)6-5-11-4-3-9(12)8(10)7-11/h3-4,7H,2,5-6,10H2,1H3. The Morgan fingerprint density at radius 3 is 2.67 bits per heavy atom. The molecule has 0 spiro atoms. The van der Waals surface area contributed by atoms with Gasteiger partial charge < -0.3 is 10.3 Å². The van der Waals surface area contributed by atoms with Crippen molar-refractivity contribution in [3.63, 3.8) is 0 Å². The minimum atomic E-state index is -2.98.